The lowest BCUT2D eigenvalue weighted by Gasteiger charge is -2.38. The number of aliphatic hydroxyl groups is 1. The molecule has 13 heteroatoms. The maximum atomic E-state index is 17.1. The van der Waals surface area contributed by atoms with Crippen molar-refractivity contribution in [1.29, 1.82) is 0 Å². The summed E-state index contributed by atoms with van der Waals surface area (Å²) < 4.78 is 44.6. The van der Waals surface area contributed by atoms with Crippen LogP contribution in [-0.2, 0) is 11.2 Å². The molecule has 3 aliphatic heterocycles. The average molecular weight is 775 g/mol. The first-order valence-corrected chi connectivity index (χ1v) is 20.6. The van der Waals surface area contributed by atoms with Gasteiger partial charge in [-0.25, -0.2) is 13.6 Å². The number of rotatable bonds is 14. The molecule has 3 fully saturated rings. The lowest BCUT2D eigenvalue weighted by Crippen LogP contribution is -2.48. The lowest BCUT2D eigenvalue weighted by molar-refractivity contribution is 0.0427. The van der Waals surface area contributed by atoms with Crippen molar-refractivity contribution in [3.63, 3.8) is 0 Å². The van der Waals surface area contributed by atoms with Crippen molar-refractivity contribution >= 4 is 33.6 Å². The number of unbranched alkanes of at least 4 members (excludes halogenated alkanes) is 2. The van der Waals surface area contributed by atoms with E-state index in [-0.39, 0.29) is 59.4 Å². The van der Waals surface area contributed by atoms with Gasteiger partial charge in [-0.05, 0) is 106 Å². The van der Waals surface area contributed by atoms with Crippen molar-refractivity contribution in [2.75, 3.05) is 50.8 Å². The van der Waals surface area contributed by atoms with E-state index in [0.29, 0.717) is 73.0 Å². The van der Waals surface area contributed by atoms with Crippen molar-refractivity contribution in [2.24, 2.45) is 0 Å². The fraction of sp³-hybridized carbons (Fsp3) is 0.581. The van der Waals surface area contributed by atoms with Gasteiger partial charge < -0.3 is 29.5 Å². The second-order valence-corrected chi connectivity index (χ2v) is 16.3. The van der Waals surface area contributed by atoms with E-state index in [0.717, 1.165) is 57.9 Å². The van der Waals surface area contributed by atoms with Gasteiger partial charge in [0.25, 0.3) is 0 Å². The van der Waals surface area contributed by atoms with Crippen LogP contribution in [0.3, 0.4) is 0 Å². The van der Waals surface area contributed by atoms with E-state index in [2.05, 4.69) is 28.7 Å². The van der Waals surface area contributed by atoms with Crippen molar-refractivity contribution in [3.05, 3.63) is 47.7 Å². The highest BCUT2D eigenvalue weighted by Gasteiger charge is 2.50. The summed E-state index contributed by atoms with van der Waals surface area (Å²) in [6, 6.07) is 5.94. The highest BCUT2D eigenvalue weighted by atomic mass is 19.1. The Labute approximate surface area is 328 Å². The fourth-order valence-corrected chi connectivity index (χ4v) is 9.19. The molecule has 302 valence electrons. The molecule has 2 N–H and O–H groups in total. The number of aryl methyl sites for hydroxylation is 1. The quantitative estimate of drug-likeness (QED) is 0.130. The number of anilines is 1. The van der Waals surface area contributed by atoms with Gasteiger partial charge in [0.05, 0.1) is 16.5 Å². The molecular formula is C43H56F2N6O5. The number of phenols is 1. The monoisotopic (exact) mass is 774 g/mol. The van der Waals surface area contributed by atoms with Crippen LogP contribution in [-0.4, -0.2) is 104 Å². The number of fused-ring (bicyclic) bond motifs is 3. The van der Waals surface area contributed by atoms with Gasteiger partial charge in [-0.2, -0.15) is 9.97 Å². The molecule has 0 radical (unpaired) electrons. The second kappa shape index (κ2) is 16.6. The molecule has 2 aromatic heterocycles. The molecule has 0 unspecified atom stereocenters. The van der Waals surface area contributed by atoms with Gasteiger partial charge in [0.15, 0.2) is 5.82 Å². The van der Waals surface area contributed by atoms with Gasteiger partial charge >= 0.3 is 12.1 Å². The van der Waals surface area contributed by atoms with Gasteiger partial charge in [-0.3, -0.25) is 9.88 Å². The minimum absolute atomic E-state index is 0.00779. The fourth-order valence-electron chi connectivity index (χ4n) is 9.19. The predicted molar refractivity (Wildman–Crippen MR) is 213 cm³/mol. The Kier molecular flexibility index (Phi) is 11.8. The van der Waals surface area contributed by atoms with E-state index >= 15 is 8.78 Å². The zero-order chi connectivity index (χ0) is 39.6. The summed E-state index contributed by atoms with van der Waals surface area (Å²) in [5.41, 5.74) is -0.709. The molecule has 1 amide bonds. The number of amides is 1. The minimum atomic E-state index is -0.974. The van der Waals surface area contributed by atoms with E-state index < -0.39 is 17.2 Å². The van der Waals surface area contributed by atoms with Crippen LogP contribution in [0.25, 0.3) is 32.9 Å². The standard InChI is InChI=1S/C43H56F2N6O5/c1-5-8-18-49(19-9-6-2)41(53)55-25-29-14-17-43(16-11-21-51(29)43)27-56-40-47-38-33(39(48-40)50-20-10-15-42(4,54)26-50)24-46-37(36(38)45)32-23-30(52)22-28-12-13-34(44)31(7-3)35(28)32/h12-13,22-24,29,52,54H,5-11,14-21,25-27H2,1-4H3/t29-,42+,43+/m0/s1. The first kappa shape index (κ1) is 39.9. The van der Waals surface area contributed by atoms with Gasteiger partial charge in [0.1, 0.15) is 41.8 Å². The summed E-state index contributed by atoms with van der Waals surface area (Å²) in [6.45, 7) is 11.6. The van der Waals surface area contributed by atoms with E-state index in [4.69, 9.17) is 14.5 Å². The number of hydrogen-bond acceptors (Lipinski definition) is 10. The third kappa shape index (κ3) is 7.94. The third-order valence-corrected chi connectivity index (χ3v) is 12.1. The summed E-state index contributed by atoms with van der Waals surface area (Å²) in [5.74, 6) is -0.843. The SMILES string of the molecule is CCCCN(CCCC)C(=O)OC[C@@H]1CC[C@@]2(COc3nc(N4CCC[C@@](C)(O)C4)c4cnc(-c5cc(O)cc6ccc(F)c(CC)c56)c(F)c4n3)CCCN12. The molecule has 5 heterocycles. The van der Waals surface area contributed by atoms with Crippen molar-refractivity contribution in [2.45, 2.75) is 116 Å². The van der Waals surface area contributed by atoms with Crippen LogP contribution in [0.15, 0.2) is 30.5 Å². The number of β-amino-alcohol motifs (C(OH)–C–C–N with tert-alkyl or cyclic N) is 1. The molecular weight excluding hydrogens is 719 g/mol. The molecule has 3 atom stereocenters. The first-order valence-electron chi connectivity index (χ1n) is 20.6. The number of ether oxygens (including phenoxy) is 2. The molecule has 0 saturated carbocycles. The zero-order valence-electron chi connectivity index (χ0n) is 33.3. The largest absolute Gasteiger partial charge is 0.508 e. The molecule has 3 saturated heterocycles. The van der Waals surface area contributed by atoms with Crippen molar-refractivity contribution < 1.29 is 33.3 Å². The van der Waals surface area contributed by atoms with Gasteiger partial charge in [-0.1, -0.05) is 39.7 Å². The van der Waals surface area contributed by atoms with E-state index in [1.807, 2.05) is 16.7 Å². The number of carbonyl (C=O) groups excluding carboxylic acids is 1. The number of nitrogens with zero attached hydrogens (tertiary/aromatic N) is 6. The van der Waals surface area contributed by atoms with Gasteiger partial charge in [0.2, 0.25) is 0 Å². The normalized spacial score (nSPS) is 22.6. The van der Waals surface area contributed by atoms with Crippen LogP contribution in [0, 0.1) is 11.6 Å². The summed E-state index contributed by atoms with van der Waals surface area (Å²) in [7, 11) is 0. The highest BCUT2D eigenvalue weighted by molar-refractivity contribution is 6.01. The number of piperidine rings is 1. The Balaban J connectivity index is 1.20. The maximum Gasteiger partial charge on any atom is 0.409 e. The molecule has 0 bridgehead atoms. The summed E-state index contributed by atoms with van der Waals surface area (Å²) >= 11 is 0. The summed E-state index contributed by atoms with van der Waals surface area (Å²) in [6.07, 6.45) is 10.4. The Hall–Kier alpha value is -4.36. The number of aromatic hydroxyl groups is 1. The van der Waals surface area contributed by atoms with Gasteiger partial charge in [0, 0.05) is 44.0 Å². The molecule has 2 aromatic carbocycles. The molecule has 0 aliphatic carbocycles. The third-order valence-electron chi connectivity index (χ3n) is 12.1. The van der Waals surface area contributed by atoms with Crippen LogP contribution in [0.2, 0.25) is 0 Å². The van der Waals surface area contributed by atoms with Crippen molar-refractivity contribution in [1.82, 2.24) is 24.8 Å². The van der Waals surface area contributed by atoms with E-state index in [9.17, 15) is 15.0 Å². The Morgan fingerprint density at radius 2 is 1.80 bits per heavy atom. The molecule has 4 aromatic rings. The zero-order valence-corrected chi connectivity index (χ0v) is 33.3. The number of carbonyl (C=O) groups is 1. The van der Waals surface area contributed by atoms with Crippen LogP contribution in [0.4, 0.5) is 19.4 Å². The van der Waals surface area contributed by atoms with E-state index in [1.165, 1.54) is 24.4 Å². The molecule has 0 spiro atoms. The number of halogens is 2. The van der Waals surface area contributed by atoms with Crippen molar-refractivity contribution in [3.8, 4) is 23.0 Å². The number of pyridine rings is 1. The Morgan fingerprint density at radius 3 is 2.54 bits per heavy atom. The van der Waals surface area contributed by atoms with Gasteiger partial charge in [-0.15, -0.1) is 0 Å². The second-order valence-electron chi connectivity index (χ2n) is 16.3. The summed E-state index contributed by atoms with van der Waals surface area (Å²) in [5, 5.41) is 23.1. The minimum Gasteiger partial charge on any atom is -0.508 e. The number of benzene rings is 2. The Morgan fingerprint density at radius 1 is 1.04 bits per heavy atom. The number of phenolic OH excluding ortho intramolecular Hbond substituents is 1. The van der Waals surface area contributed by atoms with E-state index in [1.54, 1.807) is 13.0 Å². The average Bonchev–Trinajstić information content (AvgIpc) is 3.75. The van der Waals surface area contributed by atoms with Crippen LogP contribution < -0.4 is 9.64 Å². The molecule has 56 heavy (non-hydrogen) atoms. The maximum absolute atomic E-state index is 17.1. The van der Waals surface area contributed by atoms with Crippen LogP contribution >= 0.6 is 0 Å². The highest BCUT2D eigenvalue weighted by Crippen LogP contribution is 2.44. The molecule has 11 nitrogen and oxygen atoms in total. The smallest absolute Gasteiger partial charge is 0.409 e. The van der Waals surface area contributed by atoms with Crippen LogP contribution in [0.1, 0.15) is 97.5 Å². The lowest BCUT2D eigenvalue weighted by atomic mass is 9.94. The first-order chi connectivity index (χ1) is 27.0. The summed E-state index contributed by atoms with van der Waals surface area (Å²) in [4.78, 5) is 33.4. The van der Waals surface area contributed by atoms with Crippen LogP contribution in [0.5, 0.6) is 11.8 Å². The molecule has 3 aliphatic rings. The number of aromatic nitrogens is 3. The Bertz CT molecular complexity index is 2060. The topological polar surface area (TPSA) is 124 Å². The number of hydrogen-bond donors (Lipinski definition) is 2. The predicted octanol–water partition coefficient (Wildman–Crippen LogP) is 8.16. The molecule has 7 rings (SSSR count).